The maximum atomic E-state index is 12.9. The summed E-state index contributed by atoms with van der Waals surface area (Å²) in [6.45, 7) is 3.70. The van der Waals surface area contributed by atoms with Crippen molar-refractivity contribution in [3.05, 3.63) is 36.5 Å². The number of rotatable bonds is 34. The van der Waals surface area contributed by atoms with Crippen molar-refractivity contribution in [2.75, 3.05) is 13.2 Å². The van der Waals surface area contributed by atoms with Gasteiger partial charge in [0.1, 0.15) is 24.4 Å². The number of carbonyl (C=O) groups is 1. The molecule has 9 heteroatoms. The Morgan fingerprint density at radius 2 is 1.15 bits per heavy atom. The second-order valence-electron chi connectivity index (χ2n) is 14.8. The molecule has 1 saturated heterocycles. The fourth-order valence-corrected chi connectivity index (χ4v) is 6.46. The van der Waals surface area contributed by atoms with E-state index in [-0.39, 0.29) is 12.5 Å². The molecule has 1 aliphatic rings. The highest BCUT2D eigenvalue weighted by Gasteiger charge is 2.44. The molecular weight excluding hydrogens is 658 g/mol. The first-order valence-electron chi connectivity index (χ1n) is 21.2. The summed E-state index contributed by atoms with van der Waals surface area (Å²) in [6, 6.07) is -0.809. The maximum Gasteiger partial charge on any atom is 0.220 e. The number of aliphatic hydroxyl groups excluding tert-OH is 5. The average molecular weight is 738 g/mol. The summed E-state index contributed by atoms with van der Waals surface area (Å²) in [6.07, 6.45) is 33.2. The van der Waals surface area contributed by atoms with Gasteiger partial charge in [-0.15, -0.1) is 0 Å². The number of ether oxygens (including phenoxy) is 2. The number of hydrogen-bond donors (Lipinski definition) is 6. The van der Waals surface area contributed by atoms with Crippen LogP contribution in [0, 0.1) is 0 Å². The van der Waals surface area contributed by atoms with Crippen molar-refractivity contribution >= 4 is 5.91 Å². The quantitative estimate of drug-likeness (QED) is 0.0287. The molecule has 1 fully saturated rings. The minimum atomic E-state index is -1.57. The van der Waals surface area contributed by atoms with Gasteiger partial charge in [-0.05, 0) is 44.9 Å². The average Bonchev–Trinajstić information content (AvgIpc) is 3.14. The molecule has 1 aliphatic heterocycles. The smallest absolute Gasteiger partial charge is 0.220 e. The zero-order valence-corrected chi connectivity index (χ0v) is 33.1. The lowest BCUT2D eigenvalue weighted by Crippen LogP contribution is -2.60. The molecule has 7 unspecified atom stereocenters. The first-order valence-corrected chi connectivity index (χ1v) is 21.2. The fourth-order valence-electron chi connectivity index (χ4n) is 6.46. The van der Waals surface area contributed by atoms with Crippen molar-refractivity contribution in [2.24, 2.45) is 0 Å². The number of amides is 1. The summed E-state index contributed by atoms with van der Waals surface area (Å²) < 4.78 is 11.2. The van der Waals surface area contributed by atoms with Crippen LogP contribution in [0.25, 0.3) is 0 Å². The molecule has 0 radical (unpaired) electrons. The molecule has 1 heterocycles. The largest absolute Gasteiger partial charge is 0.394 e. The molecule has 0 aromatic rings. The summed E-state index contributed by atoms with van der Waals surface area (Å²) in [5.74, 6) is -0.193. The predicted octanol–water partition coefficient (Wildman–Crippen LogP) is 8.11. The van der Waals surface area contributed by atoms with Crippen LogP contribution in [0.4, 0.5) is 0 Å². The van der Waals surface area contributed by atoms with Crippen molar-refractivity contribution in [3.63, 3.8) is 0 Å². The minimum absolute atomic E-state index is 0.193. The summed E-state index contributed by atoms with van der Waals surface area (Å²) in [5, 5.41) is 54.0. The number of unbranched alkanes of at least 4 members (excludes halogenated alkanes) is 20. The van der Waals surface area contributed by atoms with Gasteiger partial charge >= 0.3 is 0 Å². The summed E-state index contributed by atoms with van der Waals surface area (Å²) in [7, 11) is 0. The standard InChI is InChI=1S/C43H79NO8/c1-3-5-7-9-11-13-15-17-19-20-22-24-26-28-30-32-37(46)36(35-51-43-42(50)41(49)40(48)38(34-45)52-43)44-39(47)33-31-29-27-25-23-21-18-16-14-12-10-8-6-4-2/h10,12,16,18,30,32,36-38,40-43,45-46,48-50H,3-9,11,13-15,17,19-29,31,33-35H2,1-2H3,(H,44,47)/b12-10-,18-16-,32-30+. The van der Waals surface area contributed by atoms with E-state index in [4.69, 9.17) is 9.47 Å². The number of aliphatic hydroxyl groups is 5. The van der Waals surface area contributed by atoms with Crippen molar-refractivity contribution in [1.29, 1.82) is 0 Å². The number of carbonyl (C=O) groups excluding carboxylic acids is 1. The molecule has 52 heavy (non-hydrogen) atoms. The Labute approximate surface area is 317 Å². The second-order valence-corrected chi connectivity index (χ2v) is 14.8. The van der Waals surface area contributed by atoms with Gasteiger partial charge in [-0.25, -0.2) is 0 Å². The number of hydrogen-bond acceptors (Lipinski definition) is 8. The van der Waals surface area contributed by atoms with E-state index in [1.165, 1.54) is 83.5 Å². The minimum Gasteiger partial charge on any atom is -0.394 e. The highest BCUT2D eigenvalue weighted by Crippen LogP contribution is 2.22. The van der Waals surface area contributed by atoms with E-state index in [1.807, 2.05) is 6.08 Å². The van der Waals surface area contributed by atoms with Crippen molar-refractivity contribution < 1.29 is 39.8 Å². The first kappa shape index (κ1) is 48.4. The van der Waals surface area contributed by atoms with Crippen LogP contribution in [0.15, 0.2) is 36.5 Å². The van der Waals surface area contributed by atoms with Gasteiger partial charge in [-0.3, -0.25) is 4.79 Å². The van der Waals surface area contributed by atoms with Crippen LogP contribution in [0.1, 0.15) is 174 Å². The number of nitrogens with one attached hydrogen (secondary N) is 1. The molecule has 304 valence electrons. The van der Waals surface area contributed by atoms with Gasteiger partial charge in [-0.2, -0.15) is 0 Å². The molecule has 6 N–H and O–H groups in total. The van der Waals surface area contributed by atoms with Crippen LogP contribution in [-0.4, -0.2) is 87.5 Å². The van der Waals surface area contributed by atoms with Gasteiger partial charge in [-0.1, -0.05) is 159 Å². The van der Waals surface area contributed by atoms with Gasteiger partial charge in [0.15, 0.2) is 6.29 Å². The molecule has 7 atom stereocenters. The van der Waals surface area contributed by atoms with Crippen LogP contribution in [0.2, 0.25) is 0 Å². The van der Waals surface area contributed by atoms with Crippen LogP contribution in [0.3, 0.4) is 0 Å². The Balaban J connectivity index is 2.43. The molecular formula is C43H79NO8. The van der Waals surface area contributed by atoms with Gasteiger partial charge < -0.3 is 40.3 Å². The molecule has 0 bridgehead atoms. The van der Waals surface area contributed by atoms with Crippen LogP contribution in [-0.2, 0) is 14.3 Å². The Morgan fingerprint density at radius 3 is 1.71 bits per heavy atom. The zero-order valence-electron chi connectivity index (χ0n) is 33.1. The van der Waals surface area contributed by atoms with Crippen molar-refractivity contribution in [3.8, 4) is 0 Å². The van der Waals surface area contributed by atoms with Gasteiger partial charge in [0.05, 0.1) is 25.4 Å². The van der Waals surface area contributed by atoms with Gasteiger partial charge in [0.2, 0.25) is 5.91 Å². The Kier molecular flexibility index (Phi) is 31.6. The van der Waals surface area contributed by atoms with E-state index in [2.05, 4.69) is 43.5 Å². The Bertz CT molecular complexity index is 910. The molecule has 1 rings (SSSR count). The molecule has 0 saturated carbocycles. The molecule has 9 nitrogen and oxygen atoms in total. The van der Waals surface area contributed by atoms with Gasteiger partial charge in [0, 0.05) is 6.42 Å². The van der Waals surface area contributed by atoms with Crippen LogP contribution < -0.4 is 5.32 Å². The third-order valence-electron chi connectivity index (χ3n) is 9.96. The molecule has 0 spiro atoms. The van der Waals surface area contributed by atoms with Crippen molar-refractivity contribution in [1.82, 2.24) is 5.32 Å². The van der Waals surface area contributed by atoms with Crippen molar-refractivity contribution in [2.45, 2.75) is 217 Å². The van der Waals surface area contributed by atoms with E-state index in [0.29, 0.717) is 6.42 Å². The zero-order chi connectivity index (χ0) is 38.1. The van der Waals surface area contributed by atoms with Gasteiger partial charge in [0.25, 0.3) is 0 Å². The van der Waals surface area contributed by atoms with E-state index >= 15 is 0 Å². The Hall–Kier alpha value is -1.59. The monoisotopic (exact) mass is 738 g/mol. The summed E-state index contributed by atoms with van der Waals surface area (Å²) in [4.78, 5) is 12.9. The summed E-state index contributed by atoms with van der Waals surface area (Å²) >= 11 is 0. The molecule has 0 aliphatic carbocycles. The highest BCUT2D eigenvalue weighted by molar-refractivity contribution is 5.76. The van der Waals surface area contributed by atoms with E-state index < -0.39 is 49.5 Å². The van der Waals surface area contributed by atoms with E-state index in [0.717, 1.165) is 70.6 Å². The topological polar surface area (TPSA) is 149 Å². The third kappa shape index (κ3) is 24.7. The maximum absolute atomic E-state index is 12.9. The second kappa shape index (κ2) is 33.9. The lowest BCUT2D eigenvalue weighted by molar-refractivity contribution is -0.302. The predicted molar refractivity (Wildman–Crippen MR) is 212 cm³/mol. The lowest BCUT2D eigenvalue weighted by Gasteiger charge is -2.40. The molecule has 1 amide bonds. The molecule has 0 aromatic carbocycles. The van der Waals surface area contributed by atoms with E-state index in [9.17, 15) is 30.3 Å². The first-order chi connectivity index (χ1) is 25.3. The normalized spacial score (nSPS) is 22.2. The Morgan fingerprint density at radius 1 is 0.654 bits per heavy atom. The fraction of sp³-hybridized carbons (Fsp3) is 0.837. The van der Waals surface area contributed by atoms with Crippen LogP contribution >= 0.6 is 0 Å². The SMILES string of the molecule is CCCC/C=C\C/C=C\CCCCCCCC(=O)NC(COC1OC(CO)C(O)C(O)C1O)C(O)/C=C/CCCCCCCCCCCCCCC. The lowest BCUT2D eigenvalue weighted by atomic mass is 9.99. The van der Waals surface area contributed by atoms with E-state index in [1.54, 1.807) is 6.08 Å². The highest BCUT2D eigenvalue weighted by atomic mass is 16.7. The number of allylic oxidation sites excluding steroid dienone is 5. The van der Waals surface area contributed by atoms with Crippen LogP contribution in [0.5, 0.6) is 0 Å². The summed E-state index contributed by atoms with van der Waals surface area (Å²) in [5.41, 5.74) is 0. The molecule has 0 aromatic heterocycles. The third-order valence-corrected chi connectivity index (χ3v) is 9.96.